The molecule has 0 aliphatic heterocycles. The van der Waals surface area contributed by atoms with Crippen LogP contribution in [0.2, 0.25) is 0 Å². The standard InChI is InChI=1S/C15H25N3O2/c1-15(2,3)13-8-11(17-18-13)9-16-14(20)10-5-4-6-12(19)7-10/h8,10,12,19H,4-7,9H2,1-3H3,(H,16,20)(H,17,18)/t10-,12-/m0/s1. The molecule has 1 aromatic heterocycles. The van der Waals surface area contributed by atoms with Crippen LogP contribution in [0.25, 0.3) is 0 Å². The maximum Gasteiger partial charge on any atom is 0.223 e. The lowest BCUT2D eigenvalue weighted by atomic mass is 9.86. The molecule has 5 heteroatoms. The van der Waals surface area contributed by atoms with Crippen LogP contribution in [-0.4, -0.2) is 27.3 Å². The fraction of sp³-hybridized carbons (Fsp3) is 0.733. The molecule has 2 rings (SSSR count). The van der Waals surface area contributed by atoms with Gasteiger partial charge in [-0.2, -0.15) is 5.10 Å². The van der Waals surface area contributed by atoms with Crippen molar-refractivity contribution in [1.29, 1.82) is 0 Å². The summed E-state index contributed by atoms with van der Waals surface area (Å²) < 4.78 is 0. The number of nitrogens with one attached hydrogen (secondary N) is 2. The number of aromatic nitrogens is 2. The summed E-state index contributed by atoms with van der Waals surface area (Å²) in [6.07, 6.45) is 2.89. The van der Waals surface area contributed by atoms with Gasteiger partial charge in [-0.1, -0.05) is 27.2 Å². The maximum absolute atomic E-state index is 12.1. The highest BCUT2D eigenvalue weighted by Crippen LogP contribution is 2.24. The maximum atomic E-state index is 12.1. The predicted molar refractivity (Wildman–Crippen MR) is 77.1 cm³/mol. The predicted octanol–water partition coefficient (Wildman–Crippen LogP) is 1.87. The highest BCUT2D eigenvalue weighted by atomic mass is 16.3. The summed E-state index contributed by atoms with van der Waals surface area (Å²) >= 11 is 0. The number of rotatable bonds is 3. The number of carbonyl (C=O) groups is 1. The summed E-state index contributed by atoms with van der Waals surface area (Å²) in [4.78, 5) is 12.1. The Bertz CT molecular complexity index is 462. The summed E-state index contributed by atoms with van der Waals surface area (Å²) in [7, 11) is 0. The van der Waals surface area contributed by atoms with Gasteiger partial charge in [0.05, 0.1) is 24.0 Å². The smallest absolute Gasteiger partial charge is 0.223 e. The first-order chi connectivity index (χ1) is 9.36. The first-order valence-corrected chi connectivity index (χ1v) is 7.37. The summed E-state index contributed by atoms with van der Waals surface area (Å²) in [5.74, 6) is -0.0144. The molecule has 1 amide bonds. The van der Waals surface area contributed by atoms with Gasteiger partial charge >= 0.3 is 0 Å². The molecule has 20 heavy (non-hydrogen) atoms. The van der Waals surface area contributed by atoms with Crippen LogP contribution in [0.4, 0.5) is 0 Å². The van der Waals surface area contributed by atoms with Gasteiger partial charge in [0.25, 0.3) is 0 Å². The van der Waals surface area contributed by atoms with E-state index in [9.17, 15) is 9.90 Å². The molecule has 0 saturated heterocycles. The van der Waals surface area contributed by atoms with Crippen LogP contribution < -0.4 is 5.32 Å². The highest BCUT2D eigenvalue weighted by molar-refractivity contribution is 5.78. The van der Waals surface area contributed by atoms with Gasteiger partial charge in [-0.15, -0.1) is 0 Å². The molecule has 0 spiro atoms. The number of aliphatic hydroxyl groups excluding tert-OH is 1. The fourth-order valence-corrected chi connectivity index (χ4v) is 2.57. The van der Waals surface area contributed by atoms with Crippen LogP contribution in [0.3, 0.4) is 0 Å². The molecular formula is C15H25N3O2. The molecule has 1 aliphatic rings. The van der Waals surface area contributed by atoms with Crippen LogP contribution in [0, 0.1) is 5.92 Å². The summed E-state index contributed by atoms with van der Waals surface area (Å²) in [5, 5.41) is 19.8. The van der Waals surface area contributed by atoms with Crippen molar-refractivity contribution in [3.63, 3.8) is 0 Å². The number of aliphatic hydroxyl groups is 1. The zero-order chi connectivity index (χ0) is 14.8. The van der Waals surface area contributed by atoms with E-state index < -0.39 is 0 Å². The van der Waals surface area contributed by atoms with E-state index in [-0.39, 0.29) is 23.3 Å². The molecule has 0 aromatic carbocycles. The molecular weight excluding hydrogens is 254 g/mol. The second kappa shape index (κ2) is 5.95. The third kappa shape index (κ3) is 3.82. The molecule has 0 bridgehead atoms. The van der Waals surface area contributed by atoms with Gasteiger partial charge < -0.3 is 10.4 Å². The number of amides is 1. The molecule has 0 unspecified atom stereocenters. The lowest BCUT2D eigenvalue weighted by Gasteiger charge is -2.24. The van der Waals surface area contributed by atoms with E-state index in [4.69, 9.17) is 0 Å². The molecule has 112 valence electrons. The third-order valence-electron chi connectivity index (χ3n) is 3.87. The molecule has 3 N–H and O–H groups in total. The Kier molecular flexibility index (Phi) is 4.48. The quantitative estimate of drug-likeness (QED) is 0.790. The minimum Gasteiger partial charge on any atom is -0.393 e. The monoisotopic (exact) mass is 279 g/mol. The van der Waals surface area contributed by atoms with Gasteiger partial charge in [0.15, 0.2) is 0 Å². The van der Waals surface area contributed by atoms with E-state index in [1.165, 1.54) is 0 Å². The minimum absolute atomic E-state index is 0.00619. The zero-order valence-corrected chi connectivity index (χ0v) is 12.6. The van der Waals surface area contributed by atoms with E-state index in [1.807, 2.05) is 6.07 Å². The van der Waals surface area contributed by atoms with Gasteiger partial charge in [0, 0.05) is 11.3 Å². The third-order valence-corrected chi connectivity index (χ3v) is 3.87. The van der Waals surface area contributed by atoms with Crippen LogP contribution in [0.1, 0.15) is 57.8 Å². The number of H-pyrrole nitrogens is 1. The second-order valence-corrected chi connectivity index (χ2v) is 6.76. The molecule has 1 aromatic rings. The lowest BCUT2D eigenvalue weighted by Crippen LogP contribution is -2.34. The van der Waals surface area contributed by atoms with Crippen LogP contribution in [0.15, 0.2) is 6.07 Å². The summed E-state index contributed by atoms with van der Waals surface area (Å²) in [6.45, 7) is 6.79. The van der Waals surface area contributed by atoms with E-state index >= 15 is 0 Å². The summed E-state index contributed by atoms with van der Waals surface area (Å²) in [6, 6.07) is 2.00. The number of aromatic amines is 1. The Balaban J connectivity index is 1.85. The van der Waals surface area contributed by atoms with Crippen LogP contribution in [0.5, 0.6) is 0 Å². The Morgan fingerprint density at radius 3 is 2.85 bits per heavy atom. The van der Waals surface area contributed by atoms with Gasteiger partial charge in [0.2, 0.25) is 5.91 Å². The Morgan fingerprint density at radius 1 is 1.50 bits per heavy atom. The van der Waals surface area contributed by atoms with Crippen molar-refractivity contribution in [2.45, 2.75) is 64.5 Å². The Hall–Kier alpha value is -1.36. The second-order valence-electron chi connectivity index (χ2n) is 6.76. The Labute approximate surface area is 120 Å². The highest BCUT2D eigenvalue weighted by Gasteiger charge is 2.26. The molecule has 1 aliphatic carbocycles. The van der Waals surface area contributed by atoms with E-state index in [2.05, 4.69) is 36.3 Å². The first kappa shape index (κ1) is 15.0. The van der Waals surface area contributed by atoms with Crippen molar-refractivity contribution in [3.05, 3.63) is 17.5 Å². The van der Waals surface area contributed by atoms with Crippen molar-refractivity contribution in [3.8, 4) is 0 Å². The average Bonchev–Trinajstić information content (AvgIpc) is 2.84. The Morgan fingerprint density at radius 2 is 2.25 bits per heavy atom. The normalized spacial score (nSPS) is 23.6. The summed E-state index contributed by atoms with van der Waals surface area (Å²) in [5.41, 5.74) is 1.92. The molecule has 5 nitrogen and oxygen atoms in total. The number of nitrogens with zero attached hydrogens (tertiary/aromatic N) is 1. The molecule has 0 radical (unpaired) electrons. The number of carbonyl (C=O) groups excluding carboxylic acids is 1. The van der Waals surface area contributed by atoms with Crippen molar-refractivity contribution < 1.29 is 9.90 Å². The molecule has 1 fully saturated rings. The van der Waals surface area contributed by atoms with Gasteiger partial charge in [-0.25, -0.2) is 0 Å². The molecule has 1 heterocycles. The number of hydrogen-bond donors (Lipinski definition) is 3. The average molecular weight is 279 g/mol. The largest absolute Gasteiger partial charge is 0.393 e. The fourth-order valence-electron chi connectivity index (χ4n) is 2.57. The van der Waals surface area contributed by atoms with Crippen molar-refractivity contribution in [2.75, 3.05) is 0 Å². The van der Waals surface area contributed by atoms with Crippen molar-refractivity contribution >= 4 is 5.91 Å². The van der Waals surface area contributed by atoms with Crippen molar-refractivity contribution in [1.82, 2.24) is 15.5 Å². The van der Waals surface area contributed by atoms with E-state index in [0.717, 1.165) is 30.7 Å². The minimum atomic E-state index is -0.320. The van der Waals surface area contributed by atoms with E-state index in [0.29, 0.717) is 13.0 Å². The zero-order valence-electron chi connectivity index (χ0n) is 12.6. The topological polar surface area (TPSA) is 78.0 Å². The van der Waals surface area contributed by atoms with Crippen LogP contribution >= 0.6 is 0 Å². The van der Waals surface area contributed by atoms with Crippen molar-refractivity contribution in [2.24, 2.45) is 5.92 Å². The molecule has 1 saturated carbocycles. The number of hydrogen-bond acceptors (Lipinski definition) is 3. The lowest BCUT2D eigenvalue weighted by molar-refractivity contribution is -0.127. The first-order valence-electron chi connectivity index (χ1n) is 7.37. The molecule has 2 atom stereocenters. The van der Waals surface area contributed by atoms with Gasteiger partial charge in [0.1, 0.15) is 0 Å². The van der Waals surface area contributed by atoms with Gasteiger partial charge in [-0.3, -0.25) is 9.89 Å². The SMILES string of the molecule is CC(C)(C)c1cc(CNC(=O)[C@H]2CCC[C@H](O)C2)[nH]n1. The van der Waals surface area contributed by atoms with E-state index in [1.54, 1.807) is 0 Å². The van der Waals surface area contributed by atoms with Gasteiger partial charge in [-0.05, 0) is 25.3 Å². The van der Waals surface area contributed by atoms with Crippen LogP contribution in [-0.2, 0) is 16.8 Å².